The van der Waals surface area contributed by atoms with Crippen LogP contribution in [0.3, 0.4) is 0 Å². The molecule has 1 aliphatic rings. The van der Waals surface area contributed by atoms with Crippen molar-refractivity contribution >= 4 is 11.6 Å². The summed E-state index contributed by atoms with van der Waals surface area (Å²) >= 11 is 6.12. The second kappa shape index (κ2) is 4.30. The topological polar surface area (TPSA) is 12.0 Å². The lowest BCUT2D eigenvalue weighted by atomic mass is 9.84. The molecule has 0 bridgehead atoms. The summed E-state index contributed by atoms with van der Waals surface area (Å²) in [6.07, 6.45) is 6.64. The predicted molar refractivity (Wildman–Crippen MR) is 77.7 cm³/mol. The minimum Gasteiger partial charge on any atom is -0.294 e. The van der Waals surface area contributed by atoms with Gasteiger partial charge in [0.1, 0.15) is 0 Å². The van der Waals surface area contributed by atoms with Crippen molar-refractivity contribution < 1.29 is 0 Å². The minimum atomic E-state index is -0.314. The van der Waals surface area contributed by atoms with E-state index in [1.807, 2.05) is 19.9 Å². The number of benzene rings is 1. The third kappa shape index (κ3) is 2.41. The maximum absolute atomic E-state index is 6.12. The number of nitrogens with one attached hydrogen (secondary N) is 1. The molecule has 0 fully saturated rings. The largest absolute Gasteiger partial charge is 0.294 e. The normalized spacial score (nSPS) is 21.4. The van der Waals surface area contributed by atoms with Gasteiger partial charge >= 0.3 is 0 Å². The molecule has 2 heteroatoms. The summed E-state index contributed by atoms with van der Waals surface area (Å²) in [5.74, 6) is 2.81. The molecule has 1 unspecified atom stereocenters. The summed E-state index contributed by atoms with van der Waals surface area (Å²) in [6.45, 7) is 8.60. The average molecular weight is 262 g/mol. The fraction of sp³-hybridized carbons (Fsp3) is 0.500. The second-order valence-corrected chi connectivity index (χ2v) is 6.79. The van der Waals surface area contributed by atoms with Gasteiger partial charge in [0.25, 0.3) is 0 Å². The summed E-state index contributed by atoms with van der Waals surface area (Å²) in [6, 6.07) is 6.41. The summed E-state index contributed by atoms with van der Waals surface area (Å²) < 4.78 is 0. The first kappa shape index (κ1) is 13.5. The average Bonchev–Trinajstić information content (AvgIpc) is 2.51. The Bertz CT molecular complexity index is 508. The van der Waals surface area contributed by atoms with Crippen molar-refractivity contribution in [2.45, 2.75) is 45.7 Å². The van der Waals surface area contributed by atoms with E-state index in [1.165, 1.54) is 11.1 Å². The zero-order valence-corrected chi connectivity index (χ0v) is 12.2. The van der Waals surface area contributed by atoms with Crippen LogP contribution in [0.25, 0.3) is 0 Å². The molecule has 96 valence electrons. The van der Waals surface area contributed by atoms with Crippen molar-refractivity contribution in [1.29, 1.82) is 0 Å². The van der Waals surface area contributed by atoms with Crippen LogP contribution in [-0.2, 0) is 6.42 Å². The monoisotopic (exact) mass is 261 g/mol. The van der Waals surface area contributed by atoms with Crippen LogP contribution in [-0.4, -0.2) is 5.54 Å². The number of halogens is 1. The van der Waals surface area contributed by atoms with E-state index in [4.69, 9.17) is 18.0 Å². The van der Waals surface area contributed by atoms with Crippen LogP contribution in [0.5, 0.6) is 0 Å². The lowest BCUT2D eigenvalue weighted by Gasteiger charge is -2.34. The maximum Gasteiger partial charge on any atom is 0.0746 e. The van der Waals surface area contributed by atoms with Gasteiger partial charge in [-0.15, -0.1) is 6.42 Å². The summed E-state index contributed by atoms with van der Waals surface area (Å²) in [4.78, 5) is 0. The van der Waals surface area contributed by atoms with Gasteiger partial charge < -0.3 is 0 Å². The molecule has 0 aromatic heterocycles. The number of fused-ring (bicyclic) bond motifs is 1. The van der Waals surface area contributed by atoms with Crippen LogP contribution in [0.2, 0.25) is 5.02 Å². The Hall–Kier alpha value is -0.970. The van der Waals surface area contributed by atoms with E-state index in [9.17, 15) is 0 Å². The van der Waals surface area contributed by atoms with Crippen LogP contribution in [0.1, 0.15) is 44.9 Å². The predicted octanol–water partition coefficient (Wildman–Crippen LogP) is 3.96. The Morgan fingerprint density at radius 2 is 2.11 bits per heavy atom. The highest BCUT2D eigenvalue weighted by Gasteiger charge is 2.40. The number of terminal acetylenes is 1. The van der Waals surface area contributed by atoms with Crippen LogP contribution in [0.4, 0.5) is 0 Å². The van der Waals surface area contributed by atoms with Crippen LogP contribution < -0.4 is 5.32 Å². The van der Waals surface area contributed by atoms with Crippen molar-refractivity contribution in [1.82, 2.24) is 5.32 Å². The Balaban J connectivity index is 2.41. The van der Waals surface area contributed by atoms with Gasteiger partial charge in [-0.2, -0.15) is 0 Å². The molecular formula is C16H20ClN. The molecule has 0 amide bonds. The molecule has 0 aliphatic heterocycles. The number of hydrogen-bond donors (Lipinski definition) is 1. The first-order valence-corrected chi connectivity index (χ1v) is 6.67. The first-order chi connectivity index (χ1) is 8.25. The lowest BCUT2D eigenvalue weighted by molar-refractivity contribution is 0.237. The van der Waals surface area contributed by atoms with Crippen LogP contribution in [0, 0.1) is 17.8 Å². The van der Waals surface area contributed by atoms with Gasteiger partial charge in [-0.1, -0.05) is 37.4 Å². The Morgan fingerprint density at radius 1 is 1.44 bits per heavy atom. The Morgan fingerprint density at radius 3 is 2.72 bits per heavy atom. The highest BCUT2D eigenvalue weighted by molar-refractivity contribution is 6.30. The molecule has 0 saturated heterocycles. The SMILES string of the molecule is C#CC(C)(C)NC1c2cc(Cl)ccc2CC1(C)C. The molecule has 1 aromatic carbocycles. The summed E-state index contributed by atoms with van der Waals surface area (Å²) in [7, 11) is 0. The number of rotatable bonds is 2. The zero-order chi connectivity index (χ0) is 13.6. The standard InChI is InChI=1S/C16H20ClN/c1-6-16(4,5)18-14-13-9-12(17)8-7-11(13)10-15(14,2)3/h1,7-9,14,18H,10H2,2-5H3. The van der Waals surface area contributed by atoms with Crippen molar-refractivity contribution in [2.24, 2.45) is 5.41 Å². The fourth-order valence-electron chi connectivity index (χ4n) is 2.69. The fourth-order valence-corrected chi connectivity index (χ4v) is 2.87. The minimum absolute atomic E-state index is 0.154. The van der Waals surface area contributed by atoms with Gasteiger partial charge in [-0.25, -0.2) is 0 Å². The van der Waals surface area contributed by atoms with Gasteiger partial charge in [-0.05, 0) is 48.9 Å². The molecule has 0 radical (unpaired) electrons. The van der Waals surface area contributed by atoms with Crippen LogP contribution >= 0.6 is 11.6 Å². The van der Waals surface area contributed by atoms with E-state index in [1.54, 1.807) is 0 Å². The van der Waals surface area contributed by atoms with Crippen molar-refractivity contribution in [3.8, 4) is 12.3 Å². The van der Waals surface area contributed by atoms with E-state index >= 15 is 0 Å². The lowest BCUT2D eigenvalue weighted by Crippen LogP contribution is -2.44. The maximum atomic E-state index is 6.12. The molecule has 1 aromatic rings. The van der Waals surface area contributed by atoms with Crippen LogP contribution in [0.15, 0.2) is 18.2 Å². The quantitative estimate of drug-likeness (QED) is 0.795. The second-order valence-electron chi connectivity index (χ2n) is 6.36. The highest BCUT2D eigenvalue weighted by Crippen LogP contribution is 2.46. The van der Waals surface area contributed by atoms with E-state index < -0.39 is 0 Å². The van der Waals surface area contributed by atoms with E-state index in [0.29, 0.717) is 0 Å². The smallest absolute Gasteiger partial charge is 0.0746 e. The molecule has 0 saturated carbocycles. The zero-order valence-electron chi connectivity index (χ0n) is 11.5. The molecule has 18 heavy (non-hydrogen) atoms. The van der Waals surface area contributed by atoms with Gasteiger partial charge in [-0.3, -0.25) is 5.32 Å². The molecule has 0 heterocycles. The third-order valence-electron chi connectivity index (χ3n) is 3.71. The third-order valence-corrected chi connectivity index (χ3v) is 3.95. The van der Waals surface area contributed by atoms with E-state index in [2.05, 4.69) is 37.2 Å². The van der Waals surface area contributed by atoms with Crippen molar-refractivity contribution in [3.05, 3.63) is 34.3 Å². The molecular weight excluding hydrogens is 242 g/mol. The number of hydrogen-bond acceptors (Lipinski definition) is 1. The highest BCUT2D eigenvalue weighted by atomic mass is 35.5. The van der Waals surface area contributed by atoms with Crippen molar-refractivity contribution in [3.63, 3.8) is 0 Å². The molecule has 1 atom stereocenters. The van der Waals surface area contributed by atoms with E-state index in [0.717, 1.165) is 11.4 Å². The molecule has 1 nitrogen and oxygen atoms in total. The Labute approximate surface area is 115 Å². The van der Waals surface area contributed by atoms with Crippen molar-refractivity contribution in [2.75, 3.05) is 0 Å². The van der Waals surface area contributed by atoms with Gasteiger partial charge in [0.15, 0.2) is 0 Å². The molecule has 2 rings (SSSR count). The van der Waals surface area contributed by atoms with E-state index in [-0.39, 0.29) is 17.0 Å². The van der Waals surface area contributed by atoms with Gasteiger partial charge in [0.05, 0.1) is 5.54 Å². The van der Waals surface area contributed by atoms with Gasteiger partial charge in [0, 0.05) is 11.1 Å². The first-order valence-electron chi connectivity index (χ1n) is 6.29. The molecule has 1 N–H and O–H groups in total. The van der Waals surface area contributed by atoms with Gasteiger partial charge in [0.2, 0.25) is 0 Å². The molecule has 0 spiro atoms. The summed E-state index contributed by atoms with van der Waals surface area (Å²) in [5, 5.41) is 4.37. The Kier molecular flexibility index (Phi) is 3.21. The molecule has 1 aliphatic carbocycles. The summed E-state index contributed by atoms with van der Waals surface area (Å²) in [5.41, 5.74) is 2.50.